The quantitative estimate of drug-likeness (QED) is 0.612. The van der Waals surface area contributed by atoms with Crippen LogP contribution >= 0.6 is 0 Å². The molecule has 0 unspecified atom stereocenters. The maximum atomic E-state index is 11.9. The molecular formula is C12H16N2O4. The van der Waals surface area contributed by atoms with Gasteiger partial charge in [-0.15, -0.1) is 0 Å². The normalized spacial score (nSPS) is 11.9. The molecule has 0 bridgehead atoms. The van der Waals surface area contributed by atoms with Gasteiger partial charge >= 0.3 is 0 Å². The van der Waals surface area contributed by atoms with E-state index in [1.807, 2.05) is 6.92 Å². The van der Waals surface area contributed by atoms with Crippen molar-refractivity contribution in [1.82, 2.24) is 5.32 Å². The Balaban J connectivity index is 2.97. The number of aliphatic hydroxyl groups excluding tert-OH is 1. The van der Waals surface area contributed by atoms with E-state index < -0.39 is 10.8 Å². The summed E-state index contributed by atoms with van der Waals surface area (Å²) >= 11 is 0. The fourth-order valence-corrected chi connectivity index (χ4v) is 1.51. The average Bonchev–Trinajstić information content (AvgIpc) is 2.35. The molecule has 0 aliphatic heterocycles. The Kier molecular flexibility index (Phi) is 4.79. The van der Waals surface area contributed by atoms with Gasteiger partial charge in [0.1, 0.15) is 0 Å². The molecule has 18 heavy (non-hydrogen) atoms. The minimum atomic E-state index is -0.542. The summed E-state index contributed by atoms with van der Waals surface area (Å²) in [5.74, 6) is -0.405. The van der Waals surface area contributed by atoms with Crippen molar-refractivity contribution in [2.24, 2.45) is 0 Å². The summed E-state index contributed by atoms with van der Waals surface area (Å²) in [6.07, 6.45) is 0.593. The van der Waals surface area contributed by atoms with Crippen LogP contribution in [0.25, 0.3) is 0 Å². The van der Waals surface area contributed by atoms with Crippen LogP contribution in [0.3, 0.4) is 0 Å². The lowest BCUT2D eigenvalue weighted by molar-refractivity contribution is -0.384. The number of non-ortho nitro benzene ring substituents is 1. The number of nitrogens with one attached hydrogen (secondary N) is 1. The molecule has 6 nitrogen and oxygen atoms in total. The Morgan fingerprint density at radius 2 is 2.22 bits per heavy atom. The number of carbonyl (C=O) groups excluding carboxylic acids is 1. The SMILES string of the molecule is CC[C@@H](CO)NC(=O)c1cc([N+](=O)[O-])ccc1C. The molecule has 0 aromatic heterocycles. The molecule has 0 saturated heterocycles. The molecule has 98 valence electrons. The van der Waals surface area contributed by atoms with Crippen molar-refractivity contribution in [2.75, 3.05) is 6.61 Å². The van der Waals surface area contributed by atoms with Gasteiger partial charge in [-0.1, -0.05) is 13.0 Å². The number of hydrogen-bond acceptors (Lipinski definition) is 4. The number of carbonyl (C=O) groups is 1. The number of aryl methyl sites for hydroxylation is 1. The molecule has 2 N–H and O–H groups in total. The molecule has 1 aromatic carbocycles. The van der Waals surface area contributed by atoms with E-state index in [1.165, 1.54) is 18.2 Å². The molecule has 0 heterocycles. The zero-order valence-corrected chi connectivity index (χ0v) is 10.3. The third-order valence-electron chi connectivity index (χ3n) is 2.73. The first kappa shape index (κ1) is 14.1. The monoisotopic (exact) mass is 252 g/mol. The van der Waals surface area contributed by atoms with Gasteiger partial charge in [0, 0.05) is 17.7 Å². The van der Waals surface area contributed by atoms with Gasteiger partial charge in [-0.3, -0.25) is 14.9 Å². The summed E-state index contributed by atoms with van der Waals surface area (Å²) in [6.45, 7) is 3.39. The first-order valence-corrected chi connectivity index (χ1v) is 5.66. The largest absolute Gasteiger partial charge is 0.394 e. The van der Waals surface area contributed by atoms with E-state index in [0.29, 0.717) is 12.0 Å². The lowest BCUT2D eigenvalue weighted by Gasteiger charge is -2.14. The third-order valence-corrected chi connectivity index (χ3v) is 2.73. The Labute approximate surface area is 105 Å². The lowest BCUT2D eigenvalue weighted by Crippen LogP contribution is -2.37. The van der Waals surface area contributed by atoms with Crippen molar-refractivity contribution in [1.29, 1.82) is 0 Å². The summed E-state index contributed by atoms with van der Waals surface area (Å²) < 4.78 is 0. The van der Waals surface area contributed by atoms with Crippen LogP contribution in [-0.2, 0) is 0 Å². The predicted molar refractivity (Wildman–Crippen MR) is 66.5 cm³/mol. The van der Waals surface area contributed by atoms with Crippen LogP contribution in [0.15, 0.2) is 18.2 Å². The highest BCUT2D eigenvalue weighted by Gasteiger charge is 2.16. The van der Waals surface area contributed by atoms with Crippen molar-refractivity contribution < 1.29 is 14.8 Å². The predicted octanol–water partition coefficient (Wildman–Crippen LogP) is 1.40. The fourth-order valence-electron chi connectivity index (χ4n) is 1.51. The van der Waals surface area contributed by atoms with E-state index in [-0.39, 0.29) is 23.9 Å². The van der Waals surface area contributed by atoms with E-state index in [9.17, 15) is 14.9 Å². The van der Waals surface area contributed by atoms with Gasteiger partial charge in [0.2, 0.25) is 0 Å². The van der Waals surface area contributed by atoms with Crippen molar-refractivity contribution in [2.45, 2.75) is 26.3 Å². The zero-order chi connectivity index (χ0) is 13.7. The number of nitro groups is 1. The van der Waals surface area contributed by atoms with Crippen LogP contribution in [0, 0.1) is 17.0 Å². The van der Waals surface area contributed by atoms with E-state index in [2.05, 4.69) is 5.32 Å². The van der Waals surface area contributed by atoms with Crippen molar-refractivity contribution in [3.8, 4) is 0 Å². The second-order valence-corrected chi connectivity index (χ2v) is 4.02. The number of aliphatic hydroxyl groups is 1. The number of benzene rings is 1. The summed E-state index contributed by atoms with van der Waals surface area (Å²) in [6, 6.07) is 3.80. The van der Waals surface area contributed by atoms with Crippen LogP contribution in [0.2, 0.25) is 0 Å². The molecule has 1 rings (SSSR count). The molecular weight excluding hydrogens is 236 g/mol. The van der Waals surface area contributed by atoms with E-state index in [4.69, 9.17) is 5.11 Å². The summed E-state index contributed by atoms with van der Waals surface area (Å²) in [5.41, 5.74) is 0.796. The topological polar surface area (TPSA) is 92.5 Å². The maximum Gasteiger partial charge on any atom is 0.270 e. The van der Waals surface area contributed by atoms with Crippen LogP contribution in [0.5, 0.6) is 0 Å². The minimum Gasteiger partial charge on any atom is -0.394 e. The Morgan fingerprint density at radius 1 is 1.56 bits per heavy atom. The molecule has 1 aromatic rings. The Bertz CT molecular complexity index is 455. The summed E-state index contributed by atoms with van der Waals surface area (Å²) in [4.78, 5) is 22.0. The van der Waals surface area contributed by atoms with Gasteiger partial charge in [-0.2, -0.15) is 0 Å². The molecule has 0 spiro atoms. The first-order valence-electron chi connectivity index (χ1n) is 5.66. The average molecular weight is 252 g/mol. The second kappa shape index (κ2) is 6.11. The number of rotatable bonds is 5. The number of nitro benzene ring substituents is 1. The molecule has 1 amide bonds. The standard InChI is InChI=1S/C12H16N2O4/c1-3-9(7-15)13-12(16)11-6-10(14(17)18)5-4-8(11)2/h4-6,9,15H,3,7H2,1-2H3,(H,13,16)/t9-/m0/s1. The fraction of sp³-hybridized carbons (Fsp3) is 0.417. The Morgan fingerprint density at radius 3 is 2.72 bits per heavy atom. The van der Waals surface area contributed by atoms with Gasteiger partial charge in [-0.05, 0) is 18.9 Å². The molecule has 0 fully saturated rings. The lowest BCUT2D eigenvalue weighted by atomic mass is 10.1. The van der Waals surface area contributed by atoms with Gasteiger partial charge in [-0.25, -0.2) is 0 Å². The van der Waals surface area contributed by atoms with Crippen molar-refractivity contribution in [3.63, 3.8) is 0 Å². The van der Waals surface area contributed by atoms with E-state index in [0.717, 1.165) is 0 Å². The van der Waals surface area contributed by atoms with Crippen LogP contribution in [-0.4, -0.2) is 28.6 Å². The smallest absolute Gasteiger partial charge is 0.270 e. The van der Waals surface area contributed by atoms with E-state index >= 15 is 0 Å². The van der Waals surface area contributed by atoms with Gasteiger partial charge in [0.05, 0.1) is 17.6 Å². The highest BCUT2D eigenvalue weighted by Crippen LogP contribution is 2.17. The van der Waals surface area contributed by atoms with Gasteiger partial charge in [0.25, 0.3) is 11.6 Å². The summed E-state index contributed by atoms with van der Waals surface area (Å²) in [7, 11) is 0. The molecule has 0 aliphatic rings. The number of nitrogens with zero attached hydrogens (tertiary/aromatic N) is 1. The molecule has 6 heteroatoms. The van der Waals surface area contributed by atoms with Gasteiger partial charge < -0.3 is 10.4 Å². The molecule has 0 radical (unpaired) electrons. The Hall–Kier alpha value is -1.95. The van der Waals surface area contributed by atoms with Crippen LogP contribution < -0.4 is 5.32 Å². The molecule has 0 saturated carbocycles. The highest BCUT2D eigenvalue weighted by molar-refractivity contribution is 5.96. The molecule has 1 atom stereocenters. The number of hydrogen-bond donors (Lipinski definition) is 2. The maximum absolute atomic E-state index is 11.9. The van der Waals surface area contributed by atoms with Crippen molar-refractivity contribution >= 4 is 11.6 Å². The second-order valence-electron chi connectivity index (χ2n) is 4.02. The summed E-state index contributed by atoms with van der Waals surface area (Å²) in [5, 5.41) is 22.3. The first-order chi connectivity index (χ1) is 8.49. The van der Waals surface area contributed by atoms with Crippen LogP contribution in [0.1, 0.15) is 29.3 Å². The third kappa shape index (κ3) is 3.27. The minimum absolute atomic E-state index is 0.122. The highest BCUT2D eigenvalue weighted by atomic mass is 16.6. The van der Waals surface area contributed by atoms with Gasteiger partial charge in [0.15, 0.2) is 0 Å². The van der Waals surface area contributed by atoms with E-state index in [1.54, 1.807) is 6.92 Å². The zero-order valence-electron chi connectivity index (χ0n) is 10.3. The molecule has 0 aliphatic carbocycles. The number of amides is 1. The van der Waals surface area contributed by atoms with Crippen LogP contribution in [0.4, 0.5) is 5.69 Å². The van der Waals surface area contributed by atoms with Crippen molar-refractivity contribution in [3.05, 3.63) is 39.4 Å².